The molecule has 0 radical (unpaired) electrons. The highest BCUT2D eigenvalue weighted by Gasteiger charge is 2.24. The van der Waals surface area contributed by atoms with Crippen molar-refractivity contribution in [3.63, 3.8) is 0 Å². The number of ether oxygens (including phenoxy) is 1. The van der Waals surface area contributed by atoms with E-state index >= 15 is 0 Å². The highest BCUT2D eigenvalue weighted by atomic mass is 16.6. The maximum Gasteiger partial charge on any atom is 0.407 e. The largest absolute Gasteiger partial charge is 0.446 e. The van der Waals surface area contributed by atoms with Crippen molar-refractivity contribution in [1.29, 1.82) is 0 Å². The van der Waals surface area contributed by atoms with Crippen LogP contribution in [-0.2, 0) is 18.3 Å². The molecule has 1 saturated heterocycles. The summed E-state index contributed by atoms with van der Waals surface area (Å²) in [5.74, 6) is 0. The summed E-state index contributed by atoms with van der Waals surface area (Å²) in [6, 6.07) is 5.96. The number of aryl methyl sites for hydroxylation is 1. The standard InChI is InChI=1S/C19H28N4O3/c1-19(2,3)21-18(25)26-14-8-10-23(11-9-14)12-13-6-5-7-15-16(13)22(4)17(24)20-15/h5-7,14H,8-12H2,1-4H3,(H,20,24)(H,21,25). The van der Waals surface area contributed by atoms with Crippen molar-refractivity contribution in [3.8, 4) is 0 Å². The Bertz CT molecular complexity index is 839. The van der Waals surface area contributed by atoms with Gasteiger partial charge >= 0.3 is 11.8 Å². The number of imidazole rings is 1. The lowest BCUT2D eigenvalue weighted by Crippen LogP contribution is -2.44. The maximum atomic E-state index is 11.9. The summed E-state index contributed by atoms with van der Waals surface area (Å²) < 4.78 is 7.20. The van der Waals surface area contributed by atoms with E-state index in [-0.39, 0.29) is 23.4 Å². The molecule has 0 bridgehead atoms. The number of likely N-dealkylation sites (tertiary alicyclic amines) is 1. The van der Waals surface area contributed by atoms with Gasteiger partial charge in [0.05, 0.1) is 11.0 Å². The van der Waals surface area contributed by atoms with Crippen LogP contribution < -0.4 is 11.0 Å². The summed E-state index contributed by atoms with van der Waals surface area (Å²) in [7, 11) is 1.79. The van der Waals surface area contributed by atoms with Crippen LogP contribution in [0, 0.1) is 0 Å². The van der Waals surface area contributed by atoms with Gasteiger partial charge in [-0.05, 0) is 45.2 Å². The first-order chi connectivity index (χ1) is 12.2. The summed E-state index contributed by atoms with van der Waals surface area (Å²) in [4.78, 5) is 29.0. The number of amides is 1. The smallest absolute Gasteiger partial charge is 0.407 e. The van der Waals surface area contributed by atoms with Crippen molar-refractivity contribution < 1.29 is 9.53 Å². The van der Waals surface area contributed by atoms with Crippen LogP contribution in [0.2, 0.25) is 0 Å². The number of nitrogens with zero attached hydrogens (tertiary/aromatic N) is 2. The Kier molecular flexibility index (Phi) is 5.09. The monoisotopic (exact) mass is 360 g/mol. The average molecular weight is 360 g/mol. The molecule has 1 fully saturated rings. The quantitative estimate of drug-likeness (QED) is 0.881. The molecule has 1 aliphatic rings. The normalized spacial score (nSPS) is 16.8. The van der Waals surface area contributed by atoms with E-state index in [2.05, 4.69) is 21.3 Å². The molecule has 7 nitrogen and oxygen atoms in total. The van der Waals surface area contributed by atoms with Crippen LogP contribution in [0.25, 0.3) is 11.0 Å². The van der Waals surface area contributed by atoms with Crippen LogP contribution in [0.15, 0.2) is 23.0 Å². The van der Waals surface area contributed by atoms with Crippen molar-refractivity contribution in [2.75, 3.05) is 13.1 Å². The number of H-pyrrole nitrogens is 1. The van der Waals surface area contributed by atoms with E-state index in [1.54, 1.807) is 11.6 Å². The van der Waals surface area contributed by atoms with Crippen molar-refractivity contribution in [2.24, 2.45) is 7.05 Å². The van der Waals surface area contributed by atoms with E-state index in [0.29, 0.717) is 0 Å². The Balaban J connectivity index is 1.58. The fourth-order valence-electron chi connectivity index (χ4n) is 3.43. The van der Waals surface area contributed by atoms with E-state index < -0.39 is 0 Å². The molecule has 26 heavy (non-hydrogen) atoms. The van der Waals surface area contributed by atoms with Crippen molar-refractivity contribution in [2.45, 2.75) is 51.8 Å². The van der Waals surface area contributed by atoms with Gasteiger partial charge in [0.25, 0.3) is 0 Å². The van der Waals surface area contributed by atoms with Gasteiger partial charge < -0.3 is 15.0 Å². The Morgan fingerprint density at radius 2 is 2.00 bits per heavy atom. The zero-order valence-corrected chi connectivity index (χ0v) is 16.0. The Morgan fingerprint density at radius 1 is 1.31 bits per heavy atom. The molecule has 142 valence electrons. The molecule has 1 aliphatic heterocycles. The second kappa shape index (κ2) is 7.15. The lowest BCUT2D eigenvalue weighted by molar-refractivity contribution is 0.0453. The molecule has 0 saturated carbocycles. The van der Waals surface area contributed by atoms with Crippen molar-refractivity contribution >= 4 is 17.1 Å². The van der Waals surface area contributed by atoms with Crippen LogP contribution in [0.3, 0.4) is 0 Å². The number of para-hydroxylation sites is 1. The summed E-state index contributed by atoms with van der Waals surface area (Å²) in [6.45, 7) is 8.32. The second-order valence-electron chi connectivity index (χ2n) is 8.06. The Hall–Kier alpha value is -2.28. The number of carbonyl (C=O) groups excluding carboxylic acids is 1. The molecule has 1 aromatic heterocycles. The molecule has 0 atom stereocenters. The first-order valence-corrected chi connectivity index (χ1v) is 9.11. The number of hydrogen-bond donors (Lipinski definition) is 2. The van der Waals surface area contributed by atoms with Crippen LogP contribution in [0.1, 0.15) is 39.2 Å². The Labute approximate surface area is 153 Å². The molecule has 0 spiro atoms. The van der Waals surface area contributed by atoms with E-state index in [4.69, 9.17) is 4.74 Å². The van der Waals surface area contributed by atoms with Crippen molar-refractivity contribution in [3.05, 3.63) is 34.2 Å². The van der Waals surface area contributed by atoms with Crippen LogP contribution in [-0.4, -0.2) is 45.3 Å². The summed E-state index contributed by atoms with van der Waals surface area (Å²) in [5, 5.41) is 2.84. The number of hydrogen-bond acceptors (Lipinski definition) is 4. The highest BCUT2D eigenvalue weighted by molar-refractivity contribution is 5.78. The second-order valence-corrected chi connectivity index (χ2v) is 8.06. The van der Waals surface area contributed by atoms with E-state index in [9.17, 15) is 9.59 Å². The fraction of sp³-hybridized carbons (Fsp3) is 0.579. The van der Waals surface area contributed by atoms with Gasteiger partial charge in [-0.3, -0.25) is 9.47 Å². The van der Waals surface area contributed by atoms with Crippen LogP contribution in [0.5, 0.6) is 0 Å². The molecule has 7 heteroatoms. The molecule has 2 N–H and O–H groups in total. The van der Waals surface area contributed by atoms with Gasteiger partial charge in [-0.1, -0.05) is 12.1 Å². The van der Waals surface area contributed by atoms with Gasteiger partial charge in [-0.2, -0.15) is 0 Å². The zero-order valence-electron chi connectivity index (χ0n) is 16.0. The van der Waals surface area contributed by atoms with Gasteiger partial charge in [0, 0.05) is 32.2 Å². The minimum atomic E-state index is -0.344. The van der Waals surface area contributed by atoms with E-state index in [0.717, 1.165) is 49.1 Å². The molecule has 2 aromatic rings. The van der Waals surface area contributed by atoms with Gasteiger partial charge in [-0.25, -0.2) is 9.59 Å². The number of aromatic amines is 1. The fourth-order valence-corrected chi connectivity index (χ4v) is 3.43. The van der Waals surface area contributed by atoms with Gasteiger partial charge in [-0.15, -0.1) is 0 Å². The molecular weight excluding hydrogens is 332 g/mol. The minimum absolute atomic E-state index is 0.0407. The van der Waals surface area contributed by atoms with Gasteiger partial charge in [0.1, 0.15) is 6.10 Å². The van der Waals surface area contributed by atoms with Crippen LogP contribution >= 0.6 is 0 Å². The topological polar surface area (TPSA) is 79.4 Å². The number of benzene rings is 1. The maximum absolute atomic E-state index is 11.9. The average Bonchev–Trinajstić information content (AvgIpc) is 2.83. The molecule has 2 heterocycles. The van der Waals surface area contributed by atoms with Gasteiger partial charge in [0.15, 0.2) is 0 Å². The lowest BCUT2D eigenvalue weighted by Gasteiger charge is -2.32. The molecular formula is C19H28N4O3. The third-order valence-corrected chi connectivity index (χ3v) is 4.68. The number of fused-ring (bicyclic) bond motifs is 1. The molecule has 1 aromatic carbocycles. The van der Waals surface area contributed by atoms with E-state index in [1.807, 2.05) is 32.9 Å². The molecule has 3 rings (SSSR count). The zero-order chi connectivity index (χ0) is 18.9. The number of alkyl carbamates (subject to hydrolysis) is 1. The third kappa shape index (κ3) is 4.27. The third-order valence-electron chi connectivity index (χ3n) is 4.68. The lowest BCUT2D eigenvalue weighted by atomic mass is 10.1. The Morgan fingerprint density at radius 3 is 2.65 bits per heavy atom. The predicted octanol–water partition coefficient (Wildman–Crippen LogP) is 2.36. The first kappa shape index (κ1) is 18.5. The summed E-state index contributed by atoms with van der Waals surface area (Å²) in [6.07, 6.45) is 1.25. The number of aromatic nitrogens is 2. The molecule has 1 amide bonds. The SMILES string of the molecule is Cn1c(=O)[nH]c2cccc(CN3CCC(OC(=O)NC(C)(C)C)CC3)c21. The summed E-state index contributed by atoms with van der Waals surface area (Å²) in [5.41, 5.74) is 2.58. The number of piperidine rings is 1. The molecule has 0 aliphatic carbocycles. The predicted molar refractivity (Wildman–Crippen MR) is 101 cm³/mol. The highest BCUT2D eigenvalue weighted by Crippen LogP contribution is 2.21. The number of nitrogens with one attached hydrogen (secondary N) is 2. The first-order valence-electron chi connectivity index (χ1n) is 9.11. The van der Waals surface area contributed by atoms with Crippen LogP contribution in [0.4, 0.5) is 4.79 Å². The minimum Gasteiger partial charge on any atom is -0.446 e. The number of carbonyl (C=O) groups is 1. The van der Waals surface area contributed by atoms with Crippen molar-refractivity contribution in [1.82, 2.24) is 19.8 Å². The molecule has 0 unspecified atom stereocenters. The van der Waals surface area contributed by atoms with E-state index in [1.165, 1.54) is 0 Å². The number of rotatable bonds is 3. The van der Waals surface area contributed by atoms with Gasteiger partial charge in [0.2, 0.25) is 0 Å². The summed E-state index contributed by atoms with van der Waals surface area (Å²) >= 11 is 0.